The largest absolute Gasteiger partial charge is 0.493 e. The normalized spacial score (nSPS) is 10.4. The van der Waals surface area contributed by atoms with Crippen LogP contribution in [0.15, 0.2) is 23.6 Å². The topological polar surface area (TPSA) is 57.4 Å². The fourth-order valence-electron chi connectivity index (χ4n) is 1.57. The van der Waals surface area contributed by atoms with Gasteiger partial charge in [-0.25, -0.2) is 4.98 Å². The Morgan fingerprint density at radius 3 is 2.78 bits per heavy atom. The zero-order chi connectivity index (χ0) is 13.0. The predicted octanol–water partition coefficient (Wildman–Crippen LogP) is 2.50. The number of aryl methyl sites for hydroxylation is 1. The highest BCUT2D eigenvalue weighted by molar-refractivity contribution is 7.09. The van der Waals surface area contributed by atoms with Crippen LogP contribution in [0.25, 0.3) is 0 Å². The van der Waals surface area contributed by atoms with Gasteiger partial charge in [-0.1, -0.05) is 6.07 Å². The van der Waals surface area contributed by atoms with Gasteiger partial charge < -0.3 is 15.2 Å². The molecule has 1 aromatic carbocycles. The smallest absolute Gasteiger partial charge is 0.161 e. The van der Waals surface area contributed by atoms with E-state index in [4.69, 9.17) is 15.2 Å². The van der Waals surface area contributed by atoms with Crippen molar-refractivity contribution in [3.63, 3.8) is 0 Å². The maximum absolute atomic E-state index is 5.71. The van der Waals surface area contributed by atoms with Crippen LogP contribution in [0, 0.1) is 6.92 Å². The second-order valence-corrected chi connectivity index (χ2v) is 4.80. The van der Waals surface area contributed by atoms with Gasteiger partial charge in [0.2, 0.25) is 0 Å². The molecule has 1 heterocycles. The molecule has 0 fully saturated rings. The zero-order valence-electron chi connectivity index (χ0n) is 10.5. The summed E-state index contributed by atoms with van der Waals surface area (Å²) >= 11 is 1.59. The highest BCUT2D eigenvalue weighted by atomic mass is 32.1. The second kappa shape index (κ2) is 5.84. The number of methoxy groups -OCH3 is 1. The van der Waals surface area contributed by atoms with Crippen molar-refractivity contribution in [1.29, 1.82) is 0 Å². The van der Waals surface area contributed by atoms with Crippen LogP contribution in [-0.2, 0) is 13.2 Å². The van der Waals surface area contributed by atoms with Crippen molar-refractivity contribution in [3.8, 4) is 11.5 Å². The Morgan fingerprint density at radius 2 is 2.17 bits per heavy atom. The van der Waals surface area contributed by atoms with Crippen molar-refractivity contribution in [2.45, 2.75) is 20.1 Å². The summed E-state index contributed by atoms with van der Waals surface area (Å²) in [6.45, 7) is 2.91. The number of ether oxygens (including phenoxy) is 2. The molecule has 0 amide bonds. The molecule has 5 heteroatoms. The summed E-state index contributed by atoms with van der Waals surface area (Å²) in [4.78, 5) is 4.35. The van der Waals surface area contributed by atoms with Crippen LogP contribution in [-0.4, -0.2) is 12.1 Å². The van der Waals surface area contributed by atoms with E-state index in [0.717, 1.165) is 16.3 Å². The van der Waals surface area contributed by atoms with E-state index in [0.29, 0.717) is 24.7 Å². The third-order valence-electron chi connectivity index (χ3n) is 2.48. The van der Waals surface area contributed by atoms with Crippen molar-refractivity contribution in [2.24, 2.45) is 5.73 Å². The van der Waals surface area contributed by atoms with Crippen molar-refractivity contribution in [2.75, 3.05) is 7.11 Å². The molecule has 0 unspecified atom stereocenters. The zero-order valence-corrected chi connectivity index (χ0v) is 11.3. The number of benzene rings is 1. The molecule has 2 N–H and O–H groups in total. The van der Waals surface area contributed by atoms with Crippen molar-refractivity contribution in [3.05, 3.63) is 39.8 Å². The maximum atomic E-state index is 5.71. The van der Waals surface area contributed by atoms with Crippen LogP contribution >= 0.6 is 11.3 Å². The van der Waals surface area contributed by atoms with E-state index in [-0.39, 0.29) is 0 Å². The fourth-order valence-corrected chi connectivity index (χ4v) is 2.25. The van der Waals surface area contributed by atoms with Crippen LogP contribution in [0.3, 0.4) is 0 Å². The van der Waals surface area contributed by atoms with Crippen LogP contribution in [0.2, 0.25) is 0 Å². The Labute approximate surface area is 110 Å². The number of hydrogen-bond acceptors (Lipinski definition) is 5. The lowest BCUT2D eigenvalue weighted by molar-refractivity contribution is 0.283. The first-order valence-corrected chi connectivity index (χ1v) is 6.51. The molecule has 0 saturated heterocycles. The molecule has 4 nitrogen and oxygen atoms in total. The Morgan fingerprint density at radius 1 is 1.33 bits per heavy atom. The fraction of sp³-hybridized carbons (Fsp3) is 0.308. The molecule has 0 aliphatic rings. The van der Waals surface area contributed by atoms with E-state index in [1.807, 2.05) is 30.5 Å². The van der Waals surface area contributed by atoms with Gasteiger partial charge in [0, 0.05) is 17.6 Å². The predicted molar refractivity (Wildman–Crippen MR) is 72.1 cm³/mol. The Hall–Kier alpha value is -1.59. The third-order valence-corrected chi connectivity index (χ3v) is 3.42. The van der Waals surface area contributed by atoms with Gasteiger partial charge in [0.25, 0.3) is 0 Å². The van der Waals surface area contributed by atoms with Crippen LogP contribution in [0.4, 0.5) is 0 Å². The average molecular weight is 264 g/mol. The lowest BCUT2D eigenvalue weighted by Crippen LogP contribution is -2.00. The van der Waals surface area contributed by atoms with Gasteiger partial charge in [-0.2, -0.15) is 0 Å². The van der Waals surface area contributed by atoms with Gasteiger partial charge in [0.05, 0.1) is 7.11 Å². The van der Waals surface area contributed by atoms with Crippen molar-refractivity contribution < 1.29 is 9.47 Å². The van der Waals surface area contributed by atoms with Gasteiger partial charge in [-0.05, 0) is 24.6 Å². The van der Waals surface area contributed by atoms with Crippen molar-refractivity contribution >= 4 is 11.3 Å². The van der Waals surface area contributed by atoms with E-state index >= 15 is 0 Å². The van der Waals surface area contributed by atoms with Gasteiger partial charge in [-0.3, -0.25) is 0 Å². The minimum absolute atomic E-state index is 0.455. The summed E-state index contributed by atoms with van der Waals surface area (Å²) in [5, 5.41) is 2.96. The van der Waals surface area contributed by atoms with E-state index in [9.17, 15) is 0 Å². The average Bonchev–Trinajstić information content (AvgIpc) is 2.82. The maximum Gasteiger partial charge on any atom is 0.161 e. The molecule has 0 bridgehead atoms. The number of nitrogens with two attached hydrogens (primary N) is 1. The highest BCUT2D eigenvalue weighted by Crippen LogP contribution is 2.28. The molecule has 0 radical (unpaired) electrons. The Balaban J connectivity index is 2.08. The molecule has 96 valence electrons. The summed E-state index contributed by atoms with van der Waals surface area (Å²) < 4.78 is 11.0. The SMILES string of the molecule is COc1cc(CN)ccc1OCc1nc(C)cs1. The lowest BCUT2D eigenvalue weighted by Gasteiger charge is -2.10. The van der Waals surface area contributed by atoms with E-state index in [2.05, 4.69) is 4.98 Å². The summed E-state index contributed by atoms with van der Waals surface area (Å²) in [5.41, 5.74) is 7.62. The quantitative estimate of drug-likeness (QED) is 0.901. The number of hydrogen-bond donors (Lipinski definition) is 1. The van der Waals surface area contributed by atoms with Crippen LogP contribution in [0.1, 0.15) is 16.3 Å². The van der Waals surface area contributed by atoms with Crippen LogP contribution < -0.4 is 15.2 Å². The number of nitrogens with zero attached hydrogens (tertiary/aromatic N) is 1. The second-order valence-electron chi connectivity index (χ2n) is 3.86. The summed E-state index contributed by atoms with van der Waals surface area (Å²) in [7, 11) is 1.62. The molecule has 0 spiro atoms. The molecule has 0 aliphatic carbocycles. The molecule has 1 aromatic heterocycles. The van der Waals surface area contributed by atoms with Crippen molar-refractivity contribution in [1.82, 2.24) is 4.98 Å². The molecular weight excluding hydrogens is 248 g/mol. The minimum Gasteiger partial charge on any atom is -0.493 e. The first-order valence-electron chi connectivity index (χ1n) is 5.63. The van der Waals surface area contributed by atoms with E-state index < -0.39 is 0 Å². The summed E-state index contributed by atoms with van der Waals surface area (Å²) in [5.74, 6) is 1.41. The Kier molecular flexibility index (Phi) is 4.17. The monoisotopic (exact) mass is 264 g/mol. The lowest BCUT2D eigenvalue weighted by atomic mass is 10.2. The molecule has 2 aromatic rings. The minimum atomic E-state index is 0.455. The highest BCUT2D eigenvalue weighted by Gasteiger charge is 2.07. The first-order chi connectivity index (χ1) is 8.72. The summed E-state index contributed by atoms with van der Waals surface area (Å²) in [6.07, 6.45) is 0. The van der Waals surface area contributed by atoms with Gasteiger partial charge in [0.15, 0.2) is 11.5 Å². The van der Waals surface area contributed by atoms with Crippen LogP contribution in [0.5, 0.6) is 11.5 Å². The van der Waals surface area contributed by atoms with Gasteiger partial charge >= 0.3 is 0 Å². The standard InChI is InChI=1S/C13H16N2O2S/c1-9-8-18-13(15-9)7-17-11-4-3-10(6-14)5-12(11)16-2/h3-5,8H,6-7,14H2,1-2H3. The molecule has 0 saturated carbocycles. The number of aromatic nitrogens is 1. The number of thiazole rings is 1. The van der Waals surface area contributed by atoms with Gasteiger partial charge in [0.1, 0.15) is 11.6 Å². The van der Waals surface area contributed by atoms with E-state index in [1.54, 1.807) is 18.4 Å². The van der Waals surface area contributed by atoms with Gasteiger partial charge in [-0.15, -0.1) is 11.3 Å². The van der Waals surface area contributed by atoms with E-state index in [1.165, 1.54) is 0 Å². The molecule has 18 heavy (non-hydrogen) atoms. The Bertz CT molecular complexity index is 525. The first kappa shape index (κ1) is 12.9. The summed E-state index contributed by atoms with van der Waals surface area (Å²) in [6, 6.07) is 5.70. The molecule has 0 aliphatic heterocycles. The molecule has 0 atom stereocenters. The number of rotatable bonds is 5. The molecule has 2 rings (SSSR count). The molecular formula is C13H16N2O2S. The third kappa shape index (κ3) is 3.00.